The Bertz CT molecular complexity index is 323. The molecule has 0 spiro atoms. The smallest absolute Gasteiger partial charge is 0.222 e. The van der Waals surface area contributed by atoms with Crippen LogP contribution in [0.4, 0.5) is 5.69 Å². The highest BCUT2D eigenvalue weighted by atomic mass is 16.3. The van der Waals surface area contributed by atoms with E-state index in [9.17, 15) is 9.90 Å². The lowest BCUT2D eigenvalue weighted by Gasteiger charge is -2.00. The number of aromatic hydroxyl groups is 1. The van der Waals surface area contributed by atoms with Crippen LogP contribution in [-0.2, 0) is 0 Å². The van der Waals surface area contributed by atoms with Crippen molar-refractivity contribution in [3.05, 3.63) is 34.5 Å². The highest BCUT2D eigenvalue weighted by molar-refractivity contribution is 5.53. The molecule has 0 atom stereocenters. The first-order valence-corrected chi connectivity index (χ1v) is 3.82. The fourth-order valence-electron chi connectivity index (χ4n) is 0.918. The van der Waals surface area contributed by atoms with Gasteiger partial charge in [0.1, 0.15) is 0 Å². The second-order valence-electron chi connectivity index (χ2n) is 2.38. The minimum atomic E-state index is -0.365. The first-order valence-electron chi connectivity index (χ1n) is 3.82. The SMILES string of the molecule is CCNc1ccccc(=O)c1O. The van der Waals surface area contributed by atoms with Crippen LogP contribution >= 0.6 is 0 Å². The molecule has 0 radical (unpaired) electrons. The first kappa shape index (κ1) is 8.59. The zero-order valence-electron chi connectivity index (χ0n) is 6.87. The molecule has 0 heterocycles. The van der Waals surface area contributed by atoms with Gasteiger partial charge in [-0.15, -0.1) is 0 Å². The van der Waals surface area contributed by atoms with E-state index in [1.807, 2.05) is 6.92 Å². The van der Waals surface area contributed by atoms with Crippen molar-refractivity contribution in [1.29, 1.82) is 0 Å². The lowest BCUT2D eigenvalue weighted by atomic mass is 10.4. The molecule has 0 bridgehead atoms. The van der Waals surface area contributed by atoms with Crippen molar-refractivity contribution in [3.8, 4) is 5.75 Å². The molecule has 1 aromatic rings. The molecule has 64 valence electrons. The Morgan fingerprint density at radius 1 is 1.42 bits per heavy atom. The van der Waals surface area contributed by atoms with E-state index in [2.05, 4.69) is 5.32 Å². The van der Waals surface area contributed by atoms with Gasteiger partial charge in [-0.2, -0.15) is 0 Å². The third-order valence-electron chi connectivity index (χ3n) is 1.48. The molecular weight excluding hydrogens is 154 g/mol. The van der Waals surface area contributed by atoms with Gasteiger partial charge >= 0.3 is 0 Å². The van der Waals surface area contributed by atoms with Gasteiger partial charge in [0.2, 0.25) is 5.43 Å². The summed E-state index contributed by atoms with van der Waals surface area (Å²) in [7, 11) is 0. The Hall–Kier alpha value is -1.51. The zero-order chi connectivity index (χ0) is 8.97. The Balaban J connectivity index is 3.22. The predicted molar refractivity (Wildman–Crippen MR) is 48.5 cm³/mol. The van der Waals surface area contributed by atoms with Crippen molar-refractivity contribution in [2.45, 2.75) is 6.92 Å². The summed E-state index contributed by atoms with van der Waals surface area (Å²) in [5, 5.41) is 12.2. The summed E-state index contributed by atoms with van der Waals surface area (Å²) in [6.07, 6.45) is 0. The minimum absolute atomic E-state index is 0.221. The summed E-state index contributed by atoms with van der Waals surface area (Å²) in [4.78, 5) is 11.0. The summed E-state index contributed by atoms with van der Waals surface area (Å²) in [6, 6.07) is 6.30. The standard InChI is InChI=1S/C9H11NO2/c1-2-10-7-5-3-4-6-8(11)9(7)12/h3-6H,2H2,1H3,(H2,10,11,12). The molecule has 3 nitrogen and oxygen atoms in total. The maximum absolute atomic E-state index is 11.0. The number of nitrogens with one attached hydrogen (secondary N) is 1. The molecule has 0 fully saturated rings. The minimum Gasteiger partial charge on any atom is -0.503 e. The Kier molecular flexibility index (Phi) is 2.69. The van der Waals surface area contributed by atoms with Crippen LogP contribution in [0.2, 0.25) is 0 Å². The second-order valence-corrected chi connectivity index (χ2v) is 2.38. The zero-order valence-corrected chi connectivity index (χ0v) is 6.87. The maximum Gasteiger partial charge on any atom is 0.222 e. The van der Waals surface area contributed by atoms with Gasteiger partial charge in [-0.3, -0.25) is 4.79 Å². The Morgan fingerprint density at radius 3 is 2.75 bits per heavy atom. The average Bonchev–Trinajstić information content (AvgIpc) is 2.20. The van der Waals surface area contributed by atoms with Crippen LogP contribution in [0.15, 0.2) is 29.1 Å². The normalized spacial score (nSPS) is 9.42. The van der Waals surface area contributed by atoms with Gasteiger partial charge in [0.15, 0.2) is 5.75 Å². The first-order chi connectivity index (χ1) is 5.75. The van der Waals surface area contributed by atoms with Gasteiger partial charge in [0.25, 0.3) is 0 Å². The van der Waals surface area contributed by atoms with Gasteiger partial charge in [0.05, 0.1) is 5.69 Å². The topological polar surface area (TPSA) is 49.3 Å². The van der Waals surface area contributed by atoms with E-state index < -0.39 is 0 Å². The molecule has 1 rings (SSSR count). The third kappa shape index (κ3) is 1.75. The monoisotopic (exact) mass is 165 g/mol. The molecule has 0 amide bonds. The molecule has 1 aromatic carbocycles. The molecule has 0 saturated heterocycles. The number of hydrogen-bond acceptors (Lipinski definition) is 3. The molecule has 0 saturated carbocycles. The number of anilines is 1. The molecule has 0 unspecified atom stereocenters. The predicted octanol–water partition coefficient (Wildman–Crippen LogP) is 1.18. The fourth-order valence-corrected chi connectivity index (χ4v) is 0.918. The van der Waals surface area contributed by atoms with Gasteiger partial charge in [-0.05, 0) is 19.1 Å². The van der Waals surface area contributed by atoms with Crippen LogP contribution in [-0.4, -0.2) is 11.7 Å². The van der Waals surface area contributed by atoms with E-state index in [4.69, 9.17) is 0 Å². The average molecular weight is 165 g/mol. The van der Waals surface area contributed by atoms with Crippen LogP contribution in [0, 0.1) is 0 Å². The van der Waals surface area contributed by atoms with Crippen LogP contribution in [0.1, 0.15) is 6.92 Å². The second kappa shape index (κ2) is 3.76. The van der Waals surface area contributed by atoms with Crippen molar-refractivity contribution in [2.75, 3.05) is 11.9 Å². The summed E-state index contributed by atoms with van der Waals surface area (Å²) >= 11 is 0. The number of rotatable bonds is 2. The molecule has 0 aromatic heterocycles. The summed E-state index contributed by atoms with van der Waals surface area (Å²) in [5.41, 5.74) is 0.114. The summed E-state index contributed by atoms with van der Waals surface area (Å²) < 4.78 is 0. The van der Waals surface area contributed by atoms with Crippen molar-refractivity contribution >= 4 is 5.69 Å². The lowest BCUT2D eigenvalue weighted by Crippen LogP contribution is -2.00. The molecule has 0 aliphatic rings. The summed E-state index contributed by atoms with van der Waals surface area (Å²) in [5.74, 6) is -0.221. The van der Waals surface area contributed by atoms with E-state index >= 15 is 0 Å². The lowest BCUT2D eigenvalue weighted by molar-refractivity contribution is 0.473. The van der Waals surface area contributed by atoms with Gasteiger partial charge in [-0.25, -0.2) is 0 Å². The molecule has 2 N–H and O–H groups in total. The fraction of sp³-hybridized carbons (Fsp3) is 0.222. The van der Waals surface area contributed by atoms with Crippen molar-refractivity contribution in [3.63, 3.8) is 0 Å². The van der Waals surface area contributed by atoms with Crippen LogP contribution in [0.25, 0.3) is 0 Å². The third-order valence-corrected chi connectivity index (χ3v) is 1.48. The molecule has 12 heavy (non-hydrogen) atoms. The summed E-state index contributed by atoms with van der Waals surface area (Å²) in [6.45, 7) is 2.58. The highest BCUT2D eigenvalue weighted by Gasteiger charge is 1.99. The quantitative estimate of drug-likeness (QED) is 0.692. The van der Waals surface area contributed by atoms with Gasteiger partial charge < -0.3 is 10.4 Å². The largest absolute Gasteiger partial charge is 0.503 e. The molecule has 0 aliphatic heterocycles. The Morgan fingerprint density at radius 2 is 2.08 bits per heavy atom. The molecule has 0 aliphatic carbocycles. The van der Waals surface area contributed by atoms with Crippen molar-refractivity contribution < 1.29 is 5.11 Å². The Labute approximate surface area is 70.7 Å². The van der Waals surface area contributed by atoms with Crippen LogP contribution in [0.3, 0.4) is 0 Å². The van der Waals surface area contributed by atoms with Crippen molar-refractivity contribution in [2.24, 2.45) is 0 Å². The van der Waals surface area contributed by atoms with E-state index in [1.165, 1.54) is 6.07 Å². The van der Waals surface area contributed by atoms with Crippen LogP contribution < -0.4 is 10.7 Å². The van der Waals surface area contributed by atoms with Gasteiger partial charge in [0, 0.05) is 6.54 Å². The van der Waals surface area contributed by atoms with Crippen molar-refractivity contribution in [1.82, 2.24) is 0 Å². The van der Waals surface area contributed by atoms with E-state index in [-0.39, 0.29) is 11.2 Å². The van der Waals surface area contributed by atoms with E-state index in [1.54, 1.807) is 18.2 Å². The molecular formula is C9H11NO2. The van der Waals surface area contributed by atoms with Crippen LogP contribution in [0.5, 0.6) is 5.75 Å². The highest BCUT2D eigenvalue weighted by Crippen LogP contribution is 2.15. The maximum atomic E-state index is 11.0. The van der Waals surface area contributed by atoms with E-state index in [0.717, 1.165) is 0 Å². The van der Waals surface area contributed by atoms with Gasteiger partial charge in [-0.1, -0.05) is 12.1 Å². The number of hydrogen-bond donors (Lipinski definition) is 2. The molecule has 3 heteroatoms. The van der Waals surface area contributed by atoms with E-state index in [0.29, 0.717) is 12.2 Å².